The third-order valence-corrected chi connectivity index (χ3v) is 6.74. The first-order chi connectivity index (χ1) is 13.6. The molecule has 3 rings (SSSR count). The number of aryl methyl sites for hydroxylation is 1. The van der Waals surface area contributed by atoms with Gasteiger partial charge in [-0.2, -0.15) is 0 Å². The molecule has 2 N–H and O–H groups in total. The molecule has 1 aliphatic heterocycles. The molecule has 1 amide bonds. The first-order valence-corrected chi connectivity index (χ1v) is 11.7. The monoisotopic (exact) mass is 532 g/mol. The SMILES string of the molecule is Cc1cc(NC(=O)C2CCCO2)ccc1S(=O)(=O)Nc1cccc(C(C)(F)I)c1. The fourth-order valence-electron chi connectivity index (χ4n) is 3.10. The smallest absolute Gasteiger partial charge is 0.262 e. The molecule has 2 atom stereocenters. The highest BCUT2D eigenvalue weighted by atomic mass is 127. The molecule has 2 aromatic rings. The molecule has 1 aliphatic rings. The second-order valence-corrected chi connectivity index (χ2v) is 10.7. The lowest BCUT2D eigenvalue weighted by molar-refractivity contribution is -0.124. The van der Waals surface area contributed by atoms with Crippen molar-refractivity contribution in [3.05, 3.63) is 53.6 Å². The summed E-state index contributed by atoms with van der Waals surface area (Å²) in [6, 6.07) is 10.8. The summed E-state index contributed by atoms with van der Waals surface area (Å²) in [7, 11) is -3.88. The molecule has 0 bridgehead atoms. The first-order valence-electron chi connectivity index (χ1n) is 9.10. The van der Waals surface area contributed by atoms with Crippen LogP contribution in [0.3, 0.4) is 0 Å². The van der Waals surface area contributed by atoms with Crippen LogP contribution in [0.15, 0.2) is 47.4 Å². The van der Waals surface area contributed by atoms with E-state index in [1.54, 1.807) is 53.8 Å². The highest BCUT2D eigenvalue weighted by Crippen LogP contribution is 2.34. The van der Waals surface area contributed by atoms with Gasteiger partial charge in [-0.1, -0.05) is 12.1 Å². The summed E-state index contributed by atoms with van der Waals surface area (Å²) in [5.41, 5.74) is 1.62. The van der Waals surface area contributed by atoms with Crippen LogP contribution in [0.4, 0.5) is 15.8 Å². The third-order valence-electron chi connectivity index (χ3n) is 4.58. The van der Waals surface area contributed by atoms with Gasteiger partial charge in [-0.25, -0.2) is 12.8 Å². The summed E-state index contributed by atoms with van der Waals surface area (Å²) < 4.78 is 46.0. The lowest BCUT2D eigenvalue weighted by Gasteiger charge is -2.16. The van der Waals surface area contributed by atoms with Gasteiger partial charge in [-0.15, -0.1) is 0 Å². The Labute approximate surface area is 183 Å². The normalized spacial score (nSPS) is 18.8. The minimum Gasteiger partial charge on any atom is -0.368 e. The second-order valence-electron chi connectivity index (χ2n) is 7.05. The molecule has 2 unspecified atom stereocenters. The lowest BCUT2D eigenvalue weighted by atomic mass is 10.1. The van der Waals surface area contributed by atoms with E-state index in [1.165, 1.54) is 25.1 Å². The molecule has 0 aliphatic carbocycles. The van der Waals surface area contributed by atoms with E-state index in [4.69, 9.17) is 4.74 Å². The Hall–Kier alpha value is -1.72. The standard InChI is InChI=1S/C20H22FIN2O4S/c1-13-11-15(23-19(25)17-7-4-10-28-17)8-9-18(13)29(26,27)24-16-6-3-5-14(12-16)20(2,21)22/h3,5-6,8-9,11-12,17,24H,4,7,10H2,1-2H3,(H,23,25). The maximum absolute atomic E-state index is 14.1. The summed E-state index contributed by atoms with van der Waals surface area (Å²) in [4.78, 5) is 12.2. The number of amides is 1. The molecule has 29 heavy (non-hydrogen) atoms. The second kappa shape index (κ2) is 8.57. The van der Waals surface area contributed by atoms with E-state index in [0.29, 0.717) is 29.8 Å². The molecule has 0 radical (unpaired) electrons. The van der Waals surface area contributed by atoms with Gasteiger partial charge in [0.1, 0.15) is 6.10 Å². The van der Waals surface area contributed by atoms with Gasteiger partial charge in [0, 0.05) is 23.5 Å². The molecule has 1 heterocycles. The first kappa shape index (κ1) is 22.0. The highest BCUT2D eigenvalue weighted by molar-refractivity contribution is 14.1. The van der Waals surface area contributed by atoms with Gasteiger partial charge in [0.05, 0.1) is 4.90 Å². The molecular weight excluding hydrogens is 510 g/mol. The minimum atomic E-state index is -3.88. The maximum Gasteiger partial charge on any atom is 0.262 e. The van der Waals surface area contributed by atoms with Crippen molar-refractivity contribution in [2.45, 2.75) is 41.4 Å². The van der Waals surface area contributed by atoms with E-state index < -0.39 is 19.8 Å². The molecule has 9 heteroatoms. The number of halogens is 2. The van der Waals surface area contributed by atoms with Crippen molar-refractivity contribution in [2.24, 2.45) is 0 Å². The number of benzene rings is 2. The third kappa shape index (κ3) is 5.46. The Morgan fingerprint density at radius 2 is 2.00 bits per heavy atom. The van der Waals surface area contributed by atoms with E-state index in [2.05, 4.69) is 10.0 Å². The van der Waals surface area contributed by atoms with E-state index >= 15 is 0 Å². The average Bonchev–Trinajstić information content (AvgIpc) is 3.15. The van der Waals surface area contributed by atoms with Gasteiger partial charge >= 0.3 is 0 Å². The Bertz CT molecular complexity index is 1020. The Morgan fingerprint density at radius 3 is 2.62 bits per heavy atom. The fourth-order valence-corrected chi connectivity index (χ4v) is 4.71. The summed E-state index contributed by atoms with van der Waals surface area (Å²) in [5, 5.41) is 2.76. The van der Waals surface area contributed by atoms with Crippen molar-refractivity contribution in [2.75, 3.05) is 16.6 Å². The number of hydrogen-bond donors (Lipinski definition) is 2. The molecule has 6 nitrogen and oxygen atoms in total. The summed E-state index contributed by atoms with van der Waals surface area (Å²) in [6.07, 6.45) is 1.06. The van der Waals surface area contributed by atoms with Gasteiger partial charge in [0.2, 0.25) is 0 Å². The van der Waals surface area contributed by atoms with E-state index in [-0.39, 0.29) is 16.5 Å². The number of alkyl halides is 2. The fraction of sp³-hybridized carbons (Fsp3) is 0.350. The molecule has 0 saturated carbocycles. The van der Waals surface area contributed by atoms with Crippen LogP contribution < -0.4 is 10.0 Å². The van der Waals surface area contributed by atoms with Crippen molar-refractivity contribution in [1.82, 2.24) is 0 Å². The van der Waals surface area contributed by atoms with Crippen LogP contribution in [-0.2, 0) is 23.2 Å². The molecule has 0 spiro atoms. The number of nitrogens with one attached hydrogen (secondary N) is 2. The highest BCUT2D eigenvalue weighted by Gasteiger charge is 2.25. The number of rotatable bonds is 6. The maximum atomic E-state index is 14.1. The van der Waals surface area contributed by atoms with E-state index in [0.717, 1.165) is 6.42 Å². The Kier molecular flexibility index (Phi) is 6.49. The van der Waals surface area contributed by atoms with E-state index in [1.807, 2.05) is 0 Å². The molecule has 0 aromatic heterocycles. The van der Waals surface area contributed by atoms with Crippen LogP contribution in [0, 0.1) is 6.92 Å². The zero-order chi connectivity index (χ0) is 21.2. The summed E-state index contributed by atoms with van der Waals surface area (Å²) in [6.45, 7) is 3.62. The van der Waals surface area contributed by atoms with Crippen molar-refractivity contribution in [3.63, 3.8) is 0 Å². The van der Waals surface area contributed by atoms with Crippen LogP contribution in [0.1, 0.15) is 30.9 Å². The van der Waals surface area contributed by atoms with Crippen molar-refractivity contribution in [3.8, 4) is 0 Å². The number of carbonyl (C=O) groups excluding carboxylic acids is 1. The zero-order valence-corrected chi connectivity index (χ0v) is 19.0. The van der Waals surface area contributed by atoms with Crippen LogP contribution in [-0.4, -0.2) is 27.0 Å². The average molecular weight is 532 g/mol. The van der Waals surface area contributed by atoms with Gasteiger partial charge in [0.25, 0.3) is 15.9 Å². The van der Waals surface area contributed by atoms with Gasteiger partial charge < -0.3 is 10.1 Å². The largest absolute Gasteiger partial charge is 0.368 e. The molecular formula is C20H22FIN2O4S. The Morgan fingerprint density at radius 1 is 1.24 bits per heavy atom. The number of sulfonamides is 1. The summed E-state index contributed by atoms with van der Waals surface area (Å²) >= 11 is 1.65. The van der Waals surface area contributed by atoms with Gasteiger partial charge in [-0.3, -0.25) is 9.52 Å². The van der Waals surface area contributed by atoms with Gasteiger partial charge in [-0.05, 0) is 85.2 Å². The predicted octanol–water partition coefficient (Wildman–Crippen LogP) is 4.49. The van der Waals surface area contributed by atoms with Crippen molar-refractivity contribution in [1.29, 1.82) is 0 Å². The zero-order valence-electron chi connectivity index (χ0n) is 16.0. The topological polar surface area (TPSA) is 84.5 Å². The van der Waals surface area contributed by atoms with Crippen molar-refractivity contribution >= 4 is 49.9 Å². The van der Waals surface area contributed by atoms with Gasteiger partial charge in [0.15, 0.2) is 3.68 Å². The molecule has 1 saturated heterocycles. The van der Waals surface area contributed by atoms with Crippen LogP contribution in [0.2, 0.25) is 0 Å². The van der Waals surface area contributed by atoms with Crippen molar-refractivity contribution < 1.29 is 22.3 Å². The summed E-state index contributed by atoms with van der Waals surface area (Å²) in [5.74, 6) is -0.236. The van der Waals surface area contributed by atoms with Crippen LogP contribution in [0.25, 0.3) is 0 Å². The number of hydrogen-bond acceptors (Lipinski definition) is 4. The number of anilines is 2. The Balaban J connectivity index is 1.78. The quantitative estimate of drug-likeness (QED) is 0.424. The molecule has 156 valence electrons. The number of ether oxygens (including phenoxy) is 1. The molecule has 1 fully saturated rings. The molecule has 2 aromatic carbocycles. The van der Waals surface area contributed by atoms with Crippen LogP contribution in [0.5, 0.6) is 0 Å². The predicted molar refractivity (Wildman–Crippen MR) is 119 cm³/mol. The van der Waals surface area contributed by atoms with Crippen LogP contribution >= 0.6 is 22.6 Å². The lowest BCUT2D eigenvalue weighted by Crippen LogP contribution is -2.27. The number of carbonyl (C=O) groups is 1. The van der Waals surface area contributed by atoms with E-state index in [9.17, 15) is 17.6 Å². The minimum absolute atomic E-state index is 0.0792.